The lowest BCUT2D eigenvalue weighted by Crippen LogP contribution is -2.75. The van der Waals surface area contributed by atoms with E-state index in [1.165, 1.54) is 0 Å². The molecule has 0 spiro atoms. The molecule has 1 aliphatic rings. The number of methoxy groups -OCH3 is 2. The minimum atomic E-state index is -0.487. The van der Waals surface area contributed by atoms with Crippen molar-refractivity contribution < 1.29 is 28.8 Å². The maximum atomic E-state index is 12.2. The largest absolute Gasteiger partial charge is 0.493 e. The molecule has 0 bridgehead atoms. The number of hydrogen-bond donors (Lipinski definition) is 1. The number of ketones is 1. The normalized spacial score (nSPS) is 13.1. The van der Waals surface area contributed by atoms with Gasteiger partial charge in [0, 0.05) is 12.0 Å². The number of carbonyl (C=O) groups is 2. The first-order valence-electron chi connectivity index (χ1n) is 8.00. The van der Waals surface area contributed by atoms with Crippen molar-refractivity contribution in [3.8, 4) is 11.5 Å². The Balaban J connectivity index is 2.15. The molecule has 0 amide bonds. The Kier molecular flexibility index (Phi) is 5.95. The van der Waals surface area contributed by atoms with E-state index in [4.69, 9.17) is 14.2 Å². The van der Waals surface area contributed by atoms with Gasteiger partial charge in [0.2, 0.25) is 0 Å². The highest BCUT2D eigenvalue weighted by Crippen LogP contribution is 2.31. The van der Waals surface area contributed by atoms with Crippen molar-refractivity contribution in [2.24, 2.45) is 0 Å². The van der Waals surface area contributed by atoms with E-state index in [9.17, 15) is 9.59 Å². The number of ether oxygens (including phenoxy) is 3. The number of hydrogen-bond acceptors (Lipinski definition) is 5. The minimum Gasteiger partial charge on any atom is -0.493 e. The lowest BCUT2D eigenvalue weighted by molar-refractivity contribution is -0.458. The van der Waals surface area contributed by atoms with Crippen molar-refractivity contribution in [3.05, 3.63) is 23.3 Å². The fourth-order valence-electron chi connectivity index (χ4n) is 2.74. The molecule has 130 valence electrons. The summed E-state index contributed by atoms with van der Waals surface area (Å²) in [4.78, 5) is 27.1. The van der Waals surface area contributed by atoms with Crippen molar-refractivity contribution in [2.45, 2.75) is 39.2 Å². The van der Waals surface area contributed by atoms with Crippen LogP contribution in [0.2, 0.25) is 0 Å². The molecule has 1 heterocycles. The maximum absolute atomic E-state index is 12.2. The molecular formula is C18H24NO5+. The Morgan fingerprint density at radius 1 is 1.17 bits per heavy atom. The summed E-state index contributed by atoms with van der Waals surface area (Å²) in [6.07, 6.45) is 0.563. The highest BCUT2D eigenvalue weighted by molar-refractivity contribution is 6.12. The number of benzene rings is 1. The second kappa shape index (κ2) is 7.95. The van der Waals surface area contributed by atoms with E-state index >= 15 is 0 Å². The molecule has 1 N–H and O–H groups in total. The first-order valence-corrected chi connectivity index (χ1v) is 8.00. The Morgan fingerprint density at radius 3 is 2.46 bits per heavy atom. The van der Waals surface area contributed by atoms with Crippen LogP contribution >= 0.6 is 0 Å². The average Bonchev–Trinajstić information content (AvgIpc) is 2.52. The SMILES string of the molecule is COc1cc2c(cc1OC)C(CC(=O)CC(=O)OC(C)C)=[NH+]CC2. The minimum absolute atomic E-state index is 0.162. The number of esters is 1. The molecule has 0 saturated heterocycles. The summed E-state index contributed by atoms with van der Waals surface area (Å²) in [5, 5.41) is 0. The molecule has 1 aliphatic heterocycles. The van der Waals surface area contributed by atoms with Gasteiger partial charge < -0.3 is 14.2 Å². The summed E-state index contributed by atoms with van der Waals surface area (Å²) in [6, 6.07) is 3.81. The van der Waals surface area contributed by atoms with E-state index in [1.54, 1.807) is 28.1 Å². The van der Waals surface area contributed by atoms with Crippen LogP contribution in [0.25, 0.3) is 0 Å². The number of nitrogens with one attached hydrogen (secondary N) is 1. The Morgan fingerprint density at radius 2 is 1.83 bits per heavy atom. The second-order valence-corrected chi connectivity index (χ2v) is 5.95. The van der Waals surface area contributed by atoms with Gasteiger partial charge in [0.15, 0.2) is 23.0 Å². The van der Waals surface area contributed by atoms with E-state index in [1.807, 2.05) is 12.1 Å². The number of rotatable bonds is 7. The van der Waals surface area contributed by atoms with Crippen LogP contribution in [0.3, 0.4) is 0 Å². The van der Waals surface area contributed by atoms with Crippen LogP contribution in [0.4, 0.5) is 0 Å². The van der Waals surface area contributed by atoms with Crippen LogP contribution in [0, 0.1) is 0 Å². The highest BCUT2D eigenvalue weighted by atomic mass is 16.5. The zero-order valence-electron chi connectivity index (χ0n) is 14.6. The van der Waals surface area contributed by atoms with Crippen molar-refractivity contribution in [1.82, 2.24) is 0 Å². The molecule has 0 aliphatic carbocycles. The third-order valence-corrected chi connectivity index (χ3v) is 3.75. The van der Waals surface area contributed by atoms with Gasteiger partial charge in [0.05, 0.1) is 26.7 Å². The maximum Gasteiger partial charge on any atom is 0.313 e. The molecule has 0 unspecified atom stereocenters. The molecule has 0 radical (unpaired) electrons. The molecule has 0 saturated carbocycles. The van der Waals surface area contributed by atoms with E-state index in [0.29, 0.717) is 11.5 Å². The molecule has 2 rings (SSSR count). The van der Waals surface area contributed by atoms with Gasteiger partial charge in [-0.3, -0.25) is 9.59 Å². The summed E-state index contributed by atoms with van der Waals surface area (Å²) >= 11 is 0. The Labute approximate surface area is 141 Å². The molecule has 24 heavy (non-hydrogen) atoms. The molecule has 6 heteroatoms. The summed E-state index contributed by atoms with van der Waals surface area (Å²) < 4.78 is 15.7. The predicted molar refractivity (Wildman–Crippen MR) is 88.7 cm³/mol. The topological polar surface area (TPSA) is 75.8 Å². The van der Waals surface area contributed by atoms with E-state index in [-0.39, 0.29) is 24.7 Å². The van der Waals surface area contributed by atoms with Gasteiger partial charge in [-0.15, -0.1) is 0 Å². The van der Waals surface area contributed by atoms with Crippen LogP contribution in [-0.4, -0.2) is 44.3 Å². The third-order valence-electron chi connectivity index (χ3n) is 3.75. The zero-order chi connectivity index (χ0) is 17.7. The highest BCUT2D eigenvalue weighted by Gasteiger charge is 2.25. The van der Waals surface area contributed by atoms with Gasteiger partial charge in [-0.1, -0.05) is 0 Å². The molecule has 0 aromatic heterocycles. The van der Waals surface area contributed by atoms with E-state index in [2.05, 4.69) is 4.99 Å². The van der Waals surface area contributed by atoms with Crippen LogP contribution < -0.4 is 14.5 Å². The molecule has 1 aromatic carbocycles. The lowest BCUT2D eigenvalue weighted by atomic mass is 9.93. The lowest BCUT2D eigenvalue weighted by Gasteiger charge is -2.16. The van der Waals surface area contributed by atoms with Crippen LogP contribution in [0.1, 0.15) is 37.8 Å². The smallest absolute Gasteiger partial charge is 0.313 e. The van der Waals surface area contributed by atoms with Crippen molar-refractivity contribution >= 4 is 17.5 Å². The molecule has 0 fully saturated rings. The van der Waals surface area contributed by atoms with Crippen LogP contribution in [-0.2, 0) is 20.7 Å². The third kappa shape index (κ3) is 4.34. The first-order chi connectivity index (χ1) is 11.4. The van der Waals surface area contributed by atoms with Crippen molar-refractivity contribution in [3.63, 3.8) is 0 Å². The van der Waals surface area contributed by atoms with Gasteiger partial charge >= 0.3 is 5.97 Å². The van der Waals surface area contributed by atoms with Crippen molar-refractivity contribution in [1.29, 1.82) is 0 Å². The van der Waals surface area contributed by atoms with E-state index in [0.717, 1.165) is 29.8 Å². The summed E-state index contributed by atoms with van der Waals surface area (Å²) in [5.41, 5.74) is 2.84. The fraction of sp³-hybridized carbons (Fsp3) is 0.500. The average molecular weight is 334 g/mol. The molecular weight excluding hydrogens is 310 g/mol. The predicted octanol–water partition coefficient (Wildman–Crippen LogP) is 0.431. The second-order valence-electron chi connectivity index (χ2n) is 5.95. The molecule has 0 atom stereocenters. The number of Topliss-reactive ketones (excluding diaryl/α,β-unsaturated/α-hetero) is 1. The summed E-state index contributed by atoms with van der Waals surface area (Å²) in [6.45, 7) is 4.26. The van der Waals surface area contributed by atoms with Gasteiger partial charge in [-0.2, -0.15) is 0 Å². The Hall–Kier alpha value is -2.37. The first kappa shape index (κ1) is 18.0. The molecule has 6 nitrogen and oxygen atoms in total. The fourth-order valence-corrected chi connectivity index (χ4v) is 2.74. The van der Waals surface area contributed by atoms with Crippen LogP contribution in [0.15, 0.2) is 12.1 Å². The summed E-state index contributed by atoms with van der Waals surface area (Å²) in [5.74, 6) is 0.623. The van der Waals surface area contributed by atoms with Gasteiger partial charge in [0.1, 0.15) is 13.0 Å². The van der Waals surface area contributed by atoms with Crippen molar-refractivity contribution in [2.75, 3.05) is 20.8 Å². The number of fused-ring (bicyclic) bond motifs is 1. The molecule has 1 aromatic rings. The van der Waals surface area contributed by atoms with E-state index < -0.39 is 5.97 Å². The standard InChI is InChI=1S/C18H23NO5/c1-11(2)24-18(21)9-13(20)8-15-14-10-17(23-4)16(22-3)7-12(14)5-6-19-15/h7,10-11H,5-6,8-9H2,1-4H3/p+1. The quantitative estimate of drug-likeness (QED) is 0.578. The Bertz CT molecular complexity index is 664. The zero-order valence-corrected chi connectivity index (χ0v) is 14.6. The number of carbonyl (C=O) groups excluding carboxylic acids is 2. The van der Waals surface area contributed by atoms with Gasteiger partial charge in [-0.05, 0) is 31.5 Å². The van der Waals surface area contributed by atoms with Crippen LogP contribution in [0.5, 0.6) is 11.5 Å². The van der Waals surface area contributed by atoms with Gasteiger partial charge in [-0.25, -0.2) is 4.99 Å². The van der Waals surface area contributed by atoms with Gasteiger partial charge in [0.25, 0.3) is 0 Å². The summed E-state index contributed by atoms with van der Waals surface area (Å²) in [7, 11) is 3.17. The monoisotopic (exact) mass is 334 g/mol.